The fraction of sp³-hybridized carbons (Fsp3) is 0.200. The maximum absolute atomic E-state index is 11.8. The second-order valence-corrected chi connectivity index (χ2v) is 5.02. The van der Waals surface area contributed by atoms with Crippen LogP contribution < -0.4 is 4.74 Å². The van der Waals surface area contributed by atoms with Crippen LogP contribution in [0.25, 0.3) is 6.08 Å². The molecular weight excluding hydrogens is 320 g/mol. The first-order valence-electron chi connectivity index (χ1n) is 7.99. The summed E-state index contributed by atoms with van der Waals surface area (Å²) >= 11 is 0. The van der Waals surface area contributed by atoms with Crippen molar-refractivity contribution < 1.29 is 23.8 Å². The SMILES string of the molecule is CCOCCOC(=O)c1ccc(OC(=O)/C=C/c2ccccc2)cc1. The summed E-state index contributed by atoms with van der Waals surface area (Å²) in [5.74, 6) is -0.578. The second kappa shape index (κ2) is 10.1. The Balaban J connectivity index is 1.84. The first-order valence-corrected chi connectivity index (χ1v) is 7.99. The standard InChI is InChI=1S/C20H20O5/c1-2-23-14-15-24-20(22)17-9-11-18(12-10-17)25-19(21)13-8-16-6-4-3-5-7-16/h3-13H,2,14-15H2,1H3/b13-8+. The van der Waals surface area contributed by atoms with Gasteiger partial charge in [0.15, 0.2) is 0 Å². The zero-order chi connectivity index (χ0) is 17.9. The molecule has 0 N–H and O–H groups in total. The van der Waals surface area contributed by atoms with Crippen LogP contribution in [0, 0.1) is 0 Å². The predicted molar refractivity (Wildman–Crippen MR) is 94.3 cm³/mol. The summed E-state index contributed by atoms with van der Waals surface area (Å²) in [7, 11) is 0. The van der Waals surface area contributed by atoms with Crippen LogP contribution in [0.3, 0.4) is 0 Å². The van der Waals surface area contributed by atoms with E-state index in [1.807, 2.05) is 37.3 Å². The summed E-state index contributed by atoms with van der Waals surface area (Å²) in [6.45, 7) is 3.02. The van der Waals surface area contributed by atoms with Gasteiger partial charge in [0.2, 0.25) is 0 Å². The van der Waals surface area contributed by atoms with E-state index >= 15 is 0 Å². The molecule has 0 aliphatic carbocycles. The Morgan fingerprint density at radius 3 is 2.36 bits per heavy atom. The molecule has 2 aromatic carbocycles. The third-order valence-electron chi connectivity index (χ3n) is 3.18. The number of carbonyl (C=O) groups is 2. The summed E-state index contributed by atoms with van der Waals surface area (Å²) < 4.78 is 15.3. The fourth-order valence-corrected chi connectivity index (χ4v) is 1.96. The highest BCUT2D eigenvalue weighted by molar-refractivity contribution is 5.90. The van der Waals surface area contributed by atoms with E-state index in [1.54, 1.807) is 30.3 Å². The van der Waals surface area contributed by atoms with Gasteiger partial charge < -0.3 is 14.2 Å². The van der Waals surface area contributed by atoms with E-state index in [9.17, 15) is 9.59 Å². The van der Waals surface area contributed by atoms with E-state index in [-0.39, 0.29) is 6.61 Å². The van der Waals surface area contributed by atoms with Crippen molar-refractivity contribution in [2.24, 2.45) is 0 Å². The molecule has 5 heteroatoms. The van der Waals surface area contributed by atoms with Gasteiger partial charge in [-0.25, -0.2) is 9.59 Å². The Labute approximate surface area is 146 Å². The minimum absolute atomic E-state index is 0.202. The molecule has 0 saturated carbocycles. The summed E-state index contributed by atoms with van der Waals surface area (Å²) in [6, 6.07) is 15.6. The number of rotatable bonds is 8. The number of benzene rings is 2. The molecule has 0 amide bonds. The van der Waals surface area contributed by atoms with Crippen LogP contribution in [-0.4, -0.2) is 31.8 Å². The molecule has 0 fully saturated rings. The van der Waals surface area contributed by atoms with Crippen LogP contribution in [-0.2, 0) is 14.3 Å². The molecule has 0 radical (unpaired) electrons. The highest BCUT2D eigenvalue weighted by Gasteiger charge is 2.08. The summed E-state index contributed by atoms with van der Waals surface area (Å²) in [6.07, 6.45) is 3.03. The second-order valence-electron chi connectivity index (χ2n) is 5.02. The van der Waals surface area contributed by atoms with Gasteiger partial charge in [-0.05, 0) is 42.8 Å². The van der Waals surface area contributed by atoms with E-state index in [1.165, 1.54) is 6.08 Å². The molecular formula is C20H20O5. The Morgan fingerprint density at radius 1 is 0.960 bits per heavy atom. The molecule has 130 valence electrons. The van der Waals surface area contributed by atoms with Crippen LogP contribution in [0.4, 0.5) is 0 Å². The first-order chi connectivity index (χ1) is 12.2. The van der Waals surface area contributed by atoms with Gasteiger partial charge in [-0.1, -0.05) is 30.3 Å². The van der Waals surface area contributed by atoms with Crippen molar-refractivity contribution in [3.8, 4) is 5.75 Å². The van der Waals surface area contributed by atoms with Crippen LogP contribution in [0.5, 0.6) is 5.75 Å². The van der Waals surface area contributed by atoms with Crippen molar-refractivity contribution in [1.82, 2.24) is 0 Å². The maximum Gasteiger partial charge on any atom is 0.338 e. The van der Waals surface area contributed by atoms with Gasteiger partial charge in [-0.2, -0.15) is 0 Å². The molecule has 0 heterocycles. The van der Waals surface area contributed by atoms with Crippen molar-refractivity contribution >= 4 is 18.0 Å². The average molecular weight is 340 g/mol. The van der Waals surface area contributed by atoms with Crippen molar-refractivity contribution in [2.45, 2.75) is 6.92 Å². The Morgan fingerprint density at radius 2 is 1.68 bits per heavy atom. The minimum Gasteiger partial charge on any atom is -0.460 e. The third-order valence-corrected chi connectivity index (χ3v) is 3.18. The van der Waals surface area contributed by atoms with Gasteiger partial charge in [0, 0.05) is 12.7 Å². The third kappa shape index (κ3) is 6.61. The topological polar surface area (TPSA) is 61.8 Å². The van der Waals surface area contributed by atoms with Gasteiger partial charge >= 0.3 is 11.9 Å². The quantitative estimate of drug-likeness (QED) is 0.318. The first kappa shape index (κ1) is 18.4. The highest BCUT2D eigenvalue weighted by Crippen LogP contribution is 2.13. The molecule has 2 rings (SSSR count). The van der Waals surface area contributed by atoms with Crippen molar-refractivity contribution in [1.29, 1.82) is 0 Å². The van der Waals surface area contributed by atoms with E-state index in [0.717, 1.165) is 5.56 Å². The monoisotopic (exact) mass is 340 g/mol. The average Bonchev–Trinajstić information content (AvgIpc) is 2.65. The van der Waals surface area contributed by atoms with Gasteiger partial charge in [0.05, 0.1) is 12.2 Å². The lowest BCUT2D eigenvalue weighted by atomic mass is 10.2. The molecule has 0 saturated heterocycles. The molecule has 5 nitrogen and oxygen atoms in total. The van der Waals surface area contributed by atoms with E-state index in [0.29, 0.717) is 24.5 Å². The zero-order valence-electron chi connectivity index (χ0n) is 14.0. The lowest BCUT2D eigenvalue weighted by Gasteiger charge is -2.06. The van der Waals surface area contributed by atoms with Gasteiger partial charge in [0.1, 0.15) is 12.4 Å². The summed E-state index contributed by atoms with van der Waals surface area (Å²) in [5.41, 5.74) is 1.29. The van der Waals surface area contributed by atoms with Crippen molar-refractivity contribution in [3.63, 3.8) is 0 Å². The number of esters is 2. The maximum atomic E-state index is 11.8. The van der Waals surface area contributed by atoms with Gasteiger partial charge in [0.25, 0.3) is 0 Å². The minimum atomic E-state index is -0.490. The van der Waals surface area contributed by atoms with Crippen LogP contribution in [0.2, 0.25) is 0 Å². The number of carbonyl (C=O) groups excluding carboxylic acids is 2. The molecule has 0 unspecified atom stereocenters. The molecule has 25 heavy (non-hydrogen) atoms. The van der Waals surface area contributed by atoms with Crippen LogP contribution >= 0.6 is 0 Å². The molecule has 0 aromatic heterocycles. The summed E-state index contributed by atoms with van der Waals surface area (Å²) in [5, 5.41) is 0. The largest absolute Gasteiger partial charge is 0.460 e. The van der Waals surface area contributed by atoms with E-state index in [2.05, 4.69) is 0 Å². The summed E-state index contributed by atoms with van der Waals surface area (Å²) in [4.78, 5) is 23.6. The zero-order valence-corrected chi connectivity index (χ0v) is 14.0. The number of hydrogen-bond acceptors (Lipinski definition) is 5. The molecule has 0 atom stereocenters. The van der Waals surface area contributed by atoms with Gasteiger partial charge in [-0.15, -0.1) is 0 Å². The van der Waals surface area contributed by atoms with Crippen molar-refractivity contribution in [3.05, 3.63) is 71.8 Å². The predicted octanol–water partition coefficient (Wildman–Crippen LogP) is 3.50. The molecule has 0 bridgehead atoms. The Hall–Kier alpha value is -2.92. The number of hydrogen-bond donors (Lipinski definition) is 0. The lowest BCUT2D eigenvalue weighted by Crippen LogP contribution is -2.11. The Kier molecular flexibility index (Phi) is 7.41. The number of ether oxygens (including phenoxy) is 3. The van der Waals surface area contributed by atoms with Crippen LogP contribution in [0.1, 0.15) is 22.8 Å². The van der Waals surface area contributed by atoms with Crippen LogP contribution in [0.15, 0.2) is 60.7 Å². The molecule has 2 aromatic rings. The fourth-order valence-electron chi connectivity index (χ4n) is 1.96. The van der Waals surface area contributed by atoms with E-state index < -0.39 is 11.9 Å². The Bertz CT molecular complexity index is 705. The smallest absolute Gasteiger partial charge is 0.338 e. The molecule has 0 spiro atoms. The molecule has 0 aliphatic rings. The molecule has 0 aliphatic heterocycles. The van der Waals surface area contributed by atoms with Gasteiger partial charge in [-0.3, -0.25) is 0 Å². The van der Waals surface area contributed by atoms with Crippen molar-refractivity contribution in [2.75, 3.05) is 19.8 Å². The lowest BCUT2D eigenvalue weighted by molar-refractivity contribution is -0.128. The van der Waals surface area contributed by atoms with E-state index in [4.69, 9.17) is 14.2 Å². The highest BCUT2D eigenvalue weighted by atomic mass is 16.6. The normalized spacial score (nSPS) is 10.6.